The Labute approximate surface area is 168 Å². The lowest BCUT2D eigenvalue weighted by atomic mass is 9.78. The van der Waals surface area contributed by atoms with Gasteiger partial charge in [-0.05, 0) is 55.4 Å². The topological polar surface area (TPSA) is 35.0 Å². The van der Waals surface area contributed by atoms with Crippen LogP contribution in [0.1, 0.15) is 70.8 Å². The second-order valence-electron chi connectivity index (χ2n) is 8.07. The van der Waals surface area contributed by atoms with Crippen molar-refractivity contribution in [1.29, 1.82) is 0 Å². The molecule has 0 radical (unpaired) electrons. The van der Waals surface area contributed by atoms with Crippen molar-refractivity contribution in [2.24, 2.45) is 11.8 Å². The Hall–Kier alpha value is -1.97. The molecule has 1 fully saturated rings. The smallest absolute Gasteiger partial charge is 0.233 e. The van der Waals surface area contributed by atoms with E-state index in [4.69, 9.17) is 4.74 Å². The molecular formula is C24H33FN2O. The first-order valence-corrected chi connectivity index (χ1v) is 10.9. The number of aryl methyl sites for hydroxylation is 1. The van der Waals surface area contributed by atoms with E-state index in [0.717, 1.165) is 23.8 Å². The molecule has 4 heteroatoms. The van der Waals surface area contributed by atoms with Gasteiger partial charge in [-0.3, -0.25) is 0 Å². The molecule has 0 bridgehead atoms. The zero-order chi connectivity index (χ0) is 19.8. The van der Waals surface area contributed by atoms with Gasteiger partial charge in [-0.1, -0.05) is 57.9 Å². The van der Waals surface area contributed by atoms with Gasteiger partial charge in [0.05, 0.1) is 12.3 Å². The molecule has 28 heavy (non-hydrogen) atoms. The third-order valence-corrected chi connectivity index (χ3v) is 6.02. The monoisotopic (exact) mass is 384 g/mol. The summed E-state index contributed by atoms with van der Waals surface area (Å²) in [6, 6.07) is 9.02. The summed E-state index contributed by atoms with van der Waals surface area (Å²) in [5.41, 5.74) is 2.11. The van der Waals surface area contributed by atoms with Crippen LogP contribution in [0.25, 0.3) is 11.3 Å². The van der Waals surface area contributed by atoms with Crippen LogP contribution >= 0.6 is 0 Å². The SMILES string of the molecule is CCCC[C@H]1CC[C@H](CCc2ccc(-c3ccc(OCC)nn3)c(F)c2)CC1. The van der Waals surface area contributed by atoms with Crippen LogP contribution < -0.4 is 4.74 Å². The zero-order valence-electron chi connectivity index (χ0n) is 17.3. The molecule has 1 aliphatic carbocycles. The summed E-state index contributed by atoms with van der Waals surface area (Å²) in [6.07, 6.45) is 11.7. The lowest BCUT2D eigenvalue weighted by molar-refractivity contribution is 0.250. The van der Waals surface area contributed by atoms with E-state index >= 15 is 0 Å². The molecule has 1 heterocycles. The molecule has 0 unspecified atom stereocenters. The molecule has 2 aromatic rings. The number of hydrogen-bond acceptors (Lipinski definition) is 3. The Morgan fingerprint density at radius 1 is 0.964 bits per heavy atom. The number of unbranched alkanes of at least 4 members (excludes halogenated alkanes) is 1. The second kappa shape index (κ2) is 10.5. The van der Waals surface area contributed by atoms with Gasteiger partial charge in [0.15, 0.2) is 0 Å². The van der Waals surface area contributed by atoms with E-state index in [1.165, 1.54) is 51.4 Å². The molecule has 3 rings (SSSR count). The van der Waals surface area contributed by atoms with Gasteiger partial charge in [0.2, 0.25) is 5.88 Å². The van der Waals surface area contributed by atoms with E-state index in [-0.39, 0.29) is 5.82 Å². The van der Waals surface area contributed by atoms with Crippen molar-refractivity contribution in [2.45, 2.75) is 71.6 Å². The Balaban J connectivity index is 1.52. The van der Waals surface area contributed by atoms with Gasteiger partial charge in [-0.2, -0.15) is 0 Å². The van der Waals surface area contributed by atoms with Crippen LogP contribution in [0.4, 0.5) is 4.39 Å². The van der Waals surface area contributed by atoms with E-state index in [9.17, 15) is 4.39 Å². The molecule has 0 N–H and O–H groups in total. The van der Waals surface area contributed by atoms with E-state index in [0.29, 0.717) is 23.7 Å². The third-order valence-electron chi connectivity index (χ3n) is 6.02. The normalized spacial score (nSPS) is 19.5. The third kappa shape index (κ3) is 5.76. The highest BCUT2D eigenvalue weighted by atomic mass is 19.1. The van der Waals surface area contributed by atoms with Crippen molar-refractivity contribution in [2.75, 3.05) is 6.61 Å². The Morgan fingerprint density at radius 3 is 2.32 bits per heavy atom. The number of nitrogens with zero attached hydrogens (tertiary/aromatic N) is 2. The van der Waals surface area contributed by atoms with Crippen LogP contribution in [0.2, 0.25) is 0 Å². The number of rotatable bonds is 9. The van der Waals surface area contributed by atoms with E-state index in [1.807, 2.05) is 19.1 Å². The lowest BCUT2D eigenvalue weighted by Gasteiger charge is -2.28. The fourth-order valence-corrected chi connectivity index (χ4v) is 4.28. The Morgan fingerprint density at radius 2 is 1.71 bits per heavy atom. The lowest BCUT2D eigenvalue weighted by Crippen LogP contribution is -2.15. The van der Waals surface area contributed by atoms with Crippen molar-refractivity contribution >= 4 is 0 Å². The van der Waals surface area contributed by atoms with Crippen LogP contribution in [0.5, 0.6) is 5.88 Å². The predicted molar refractivity (Wildman–Crippen MR) is 112 cm³/mol. The molecule has 0 spiro atoms. The molecule has 0 amide bonds. The highest BCUT2D eigenvalue weighted by molar-refractivity contribution is 5.60. The second-order valence-corrected chi connectivity index (χ2v) is 8.07. The van der Waals surface area contributed by atoms with Gasteiger partial charge < -0.3 is 4.74 Å². The molecule has 0 aliphatic heterocycles. The average molecular weight is 385 g/mol. The van der Waals surface area contributed by atoms with Crippen molar-refractivity contribution < 1.29 is 9.13 Å². The largest absolute Gasteiger partial charge is 0.477 e. The maximum atomic E-state index is 14.6. The maximum absolute atomic E-state index is 14.6. The van der Waals surface area contributed by atoms with E-state index < -0.39 is 0 Å². The van der Waals surface area contributed by atoms with Crippen LogP contribution in [-0.2, 0) is 6.42 Å². The molecule has 3 nitrogen and oxygen atoms in total. The van der Waals surface area contributed by atoms with Crippen LogP contribution in [0.15, 0.2) is 30.3 Å². The minimum atomic E-state index is -0.223. The predicted octanol–water partition coefficient (Wildman–Crippen LogP) is 6.61. The summed E-state index contributed by atoms with van der Waals surface area (Å²) in [6.45, 7) is 4.71. The summed E-state index contributed by atoms with van der Waals surface area (Å²) < 4.78 is 19.9. The summed E-state index contributed by atoms with van der Waals surface area (Å²) in [4.78, 5) is 0. The summed E-state index contributed by atoms with van der Waals surface area (Å²) in [7, 11) is 0. The number of ether oxygens (including phenoxy) is 1. The van der Waals surface area contributed by atoms with Crippen molar-refractivity contribution in [3.05, 3.63) is 41.7 Å². The first-order valence-electron chi connectivity index (χ1n) is 10.9. The van der Waals surface area contributed by atoms with E-state index in [1.54, 1.807) is 18.2 Å². The Bertz CT molecular complexity index is 724. The quantitative estimate of drug-likeness (QED) is 0.488. The molecule has 152 valence electrons. The number of benzene rings is 1. The summed E-state index contributed by atoms with van der Waals surface area (Å²) in [5, 5.41) is 8.08. The minimum absolute atomic E-state index is 0.223. The van der Waals surface area contributed by atoms with Crippen molar-refractivity contribution in [3.63, 3.8) is 0 Å². The highest BCUT2D eigenvalue weighted by Crippen LogP contribution is 2.34. The fraction of sp³-hybridized carbons (Fsp3) is 0.583. The maximum Gasteiger partial charge on any atom is 0.233 e. The van der Waals surface area contributed by atoms with Crippen molar-refractivity contribution in [3.8, 4) is 17.1 Å². The zero-order valence-corrected chi connectivity index (χ0v) is 17.3. The van der Waals surface area contributed by atoms with Gasteiger partial charge in [0.1, 0.15) is 5.82 Å². The van der Waals surface area contributed by atoms with Gasteiger partial charge in [0, 0.05) is 11.6 Å². The number of halogens is 1. The van der Waals surface area contributed by atoms with Crippen LogP contribution in [0.3, 0.4) is 0 Å². The molecule has 1 saturated carbocycles. The first kappa shape index (κ1) is 20.8. The van der Waals surface area contributed by atoms with Gasteiger partial charge in [0.25, 0.3) is 0 Å². The molecule has 1 aromatic carbocycles. The fourth-order valence-electron chi connectivity index (χ4n) is 4.28. The van der Waals surface area contributed by atoms with E-state index in [2.05, 4.69) is 17.1 Å². The number of hydrogen-bond donors (Lipinski definition) is 0. The highest BCUT2D eigenvalue weighted by Gasteiger charge is 2.20. The van der Waals surface area contributed by atoms with Gasteiger partial charge >= 0.3 is 0 Å². The molecule has 0 saturated heterocycles. The van der Waals surface area contributed by atoms with Crippen LogP contribution in [0, 0.1) is 17.7 Å². The van der Waals surface area contributed by atoms with Crippen molar-refractivity contribution in [1.82, 2.24) is 10.2 Å². The summed E-state index contributed by atoms with van der Waals surface area (Å²) in [5.74, 6) is 1.99. The first-order chi connectivity index (χ1) is 13.7. The minimum Gasteiger partial charge on any atom is -0.477 e. The standard InChI is InChI=1S/C24H33FN2O/c1-3-5-6-18-7-9-19(10-8-18)11-12-20-13-14-21(22(25)17-20)23-15-16-24(27-26-23)28-4-2/h13-19H,3-12H2,1-2H3/t18-,19-. The molecular weight excluding hydrogens is 351 g/mol. The Kier molecular flexibility index (Phi) is 7.81. The average Bonchev–Trinajstić information content (AvgIpc) is 2.72. The van der Waals surface area contributed by atoms with Gasteiger partial charge in [-0.15, -0.1) is 10.2 Å². The van der Waals surface area contributed by atoms with Gasteiger partial charge in [-0.25, -0.2) is 4.39 Å². The van der Waals surface area contributed by atoms with Crippen LogP contribution in [-0.4, -0.2) is 16.8 Å². The molecule has 0 atom stereocenters. The number of aromatic nitrogens is 2. The molecule has 1 aromatic heterocycles. The summed E-state index contributed by atoms with van der Waals surface area (Å²) >= 11 is 0. The molecule has 1 aliphatic rings.